The highest BCUT2D eigenvalue weighted by Gasteiger charge is 2.05. The van der Waals surface area contributed by atoms with Gasteiger partial charge in [-0.1, -0.05) is 0 Å². The van der Waals surface area contributed by atoms with Crippen LogP contribution in [0.3, 0.4) is 0 Å². The first kappa shape index (κ1) is 10.8. The smallest absolute Gasteiger partial charge is 0.0593 e. The van der Waals surface area contributed by atoms with Gasteiger partial charge in [0.25, 0.3) is 0 Å². The number of nitrogens with zero attached hydrogens (tertiary/aromatic N) is 1. The summed E-state index contributed by atoms with van der Waals surface area (Å²) in [5, 5.41) is 6.49. The first-order valence-corrected chi connectivity index (χ1v) is 4.98. The third-order valence-corrected chi connectivity index (χ3v) is 2.00. The first-order chi connectivity index (χ1) is 6.83. The molecular formula is C10H18N4. The molecule has 0 atom stereocenters. The van der Waals surface area contributed by atoms with Gasteiger partial charge in [-0.3, -0.25) is 4.98 Å². The Morgan fingerprint density at radius 2 is 1.64 bits per heavy atom. The number of nitrogens with two attached hydrogens (primary N) is 1. The standard InChI is InChI=1S/C10H18N4/c1-3-13-9-6-12-7-10(14-4-2)8(9)5-11/h6-7,13-14H,3-5,11H2,1-2H3. The molecule has 0 saturated heterocycles. The Morgan fingerprint density at radius 1 is 1.14 bits per heavy atom. The maximum atomic E-state index is 5.70. The van der Waals surface area contributed by atoms with Crippen molar-refractivity contribution in [2.45, 2.75) is 20.4 Å². The molecule has 4 N–H and O–H groups in total. The third-order valence-electron chi connectivity index (χ3n) is 2.00. The minimum Gasteiger partial charge on any atom is -0.384 e. The molecule has 1 heterocycles. The minimum absolute atomic E-state index is 0.521. The maximum absolute atomic E-state index is 5.70. The summed E-state index contributed by atoms with van der Waals surface area (Å²) in [5.74, 6) is 0. The van der Waals surface area contributed by atoms with Crippen LogP contribution in [0, 0.1) is 0 Å². The highest BCUT2D eigenvalue weighted by molar-refractivity contribution is 5.63. The summed E-state index contributed by atoms with van der Waals surface area (Å²) in [7, 11) is 0. The number of hydrogen-bond acceptors (Lipinski definition) is 4. The average molecular weight is 194 g/mol. The molecule has 0 aromatic carbocycles. The van der Waals surface area contributed by atoms with Crippen molar-refractivity contribution < 1.29 is 0 Å². The third kappa shape index (κ3) is 2.35. The van der Waals surface area contributed by atoms with Crippen LogP contribution >= 0.6 is 0 Å². The molecule has 0 aliphatic carbocycles. The van der Waals surface area contributed by atoms with Crippen LogP contribution in [0.15, 0.2) is 12.4 Å². The number of anilines is 2. The minimum atomic E-state index is 0.521. The van der Waals surface area contributed by atoms with Crippen molar-refractivity contribution in [2.75, 3.05) is 23.7 Å². The van der Waals surface area contributed by atoms with Crippen LogP contribution in [-0.2, 0) is 6.54 Å². The van der Waals surface area contributed by atoms with Crippen molar-refractivity contribution in [1.82, 2.24) is 4.98 Å². The number of hydrogen-bond donors (Lipinski definition) is 3. The molecule has 4 heteroatoms. The summed E-state index contributed by atoms with van der Waals surface area (Å²) in [6.45, 7) is 6.39. The first-order valence-electron chi connectivity index (χ1n) is 4.98. The zero-order valence-electron chi connectivity index (χ0n) is 8.80. The Kier molecular flexibility index (Phi) is 4.19. The van der Waals surface area contributed by atoms with E-state index in [1.54, 1.807) is 0 Å². The Morgan fingerprint density at radius 3 is 2.00 bits per heavy atom. The lowest BCUT2D eigenvalue weighted by molar-refractivity contribution is 1.04. The number of rotatable bonds is 5. The average Bonchev–Trinajstić information content (AvgIpc) is 2.19. The van der Waals surface area contributed by atoms with E-state index < -0.39 is 0 Å². The predicted octanol–water partition coefficient (Wildman–Crippen LogP) is 1.40. The fraction of sp³-hybridized carbons (Fsp3) is 0.500. The SMILES string of the molecule is CCNc1cncc(NCC)c1CN. The predicted molar refractivity (Wildman–Crippen MR) is 60.5 cm³/mol. The lowest BCUT2D eigenvalue weighted by Gasteiger charge is -2.13. The Hall–Kier alpha value is -1.29. The highest BCUT2D eigenvalue weighted by atomic mass is 14.9. The molecule has 4 nitrogen and oxygen atoms in total. The van der Waals surface area contributed by atoms with Gasteiger partial charge >= 0.3 is 0 Å². The monoisotopic (exact) mass is 194 g/mol. The molecule has 0 radical (unpaired) electrons. The number of aromatic nitrogens is 1. The topological polar surface area (TPSA) is 63.0 Å². The van der Waals surface area contributed by atoms with E-state index in [0.29, 0.717) is 6.54 Å². The van der Waals surface area contributed by atoms with Gasteiger partial charge in [0.05, 0.1) is 23.8 Å². The van der Waals surface area contributed by atoms with Crippen LogP contribution in [0.5, 0.6) is 0 Å². The van der Waals surface area contributed by atoms with Crippen molar-refractivity contribution in [2.24, 2.45) is 5.73 Å². The molecule has 0 bridgehead atoms. The van der Waals surface area contributed by atoms with E-state index in [9.17, 15) is 0 Å². The summed E-state index contributed by atoms with van der Waals surface area (Å²) < 4.78 is 0. The highest BCUT2D eigenvalue weighted by Crippen LogP contribution is 2.21. The second-order valence-corrected chi connectivity index (χ2v) is 2.98. The van der Waals surface area contributed by atoms with Gasteiger partial charge in [0, 0.05) is 25.2 Å². The molecule has 0 saturated carbocycles. The molecule has 1 aromatic rings. The van der Waals surface area contributed by atoms with E-state index in [-0.39, 0.29) is 0 Å². The van der Waals surface area contributed by atoms with Crippen LogP contribution in [0.2, 0.25) is 0 Å². The van der Waals surface area contributed by atoms with Gasteiger partial charge in [0.1, 0.15) is 0 Å². The van der Waals surface area contributed by atoms with Crippen LogP contribution in [0.25, 0.3) is 0 Å². The van der Waals surface area contributed by atoms with Crippen molar-refractivity contribution >= 4 is 11.4 Å². The van der Waals surface area contributed by atoms with Gasteiger partial charge < -0.3 is 16.4 Å². The summed E-state index contributed by atoms with van der Waals surface area (Å²) in [4.78, 5) is 4.15. The molecular weight excluding hydrogens is 176 g/mol. The Bertz CT molecular complexity index is 261. The molecule has 0 fully saturated rings. The summed E-state index contributed by atoms with van der Waals surface area (Å²) in [5.41, 5.74) is 8.85. The molecule has 0 amide bonds. The molecule has 0 aliphatic heterocycles. The van der Waals surface area contributed by atoms with Crippen LogP contribution in [0.4, 0.5) is 11.4 Å². The van der Waals surface area contributed by atoms with E-state index in [2.05, 4.69) is 29.5 Å². The second-order valence-electron chi connectivity index (χ2n) is 2.98. The molecule has 1 aromatic heterocycles. The lowest BCUT2D eigenvalue weighted by Crippen LogP contribution is -2.10. The fourth-order valence-corrected chi connectivity index (χ4v) is 1.39. The van der Waals surface area contributed by atoms with E-state index >= 15 is 0 Å². The van der Waals surface area contributed by atoms with E-state index in [1.807, 2.05) is 12.4 Å². The van der Waals surface area contributed by atoms with E-state index in [4.69, 9.17) is 5.73 Å². The Labute approximate surface area is 84.9 Å². The molecule has 0 unspecified atom stereocenters. The van der Waals surface area contributed by atoms with Crippen molar-refractivity contribution in [3.8, 4) is 0 Å². The lowest BCUT2D eigenvalue weighted by atomic mass is 10.2. The molecule has 78 valence electrons. The van der Waals surface area contributed by atoms with Crippen molar-refractivity contribution in [1.29, 1.82) is 0 Å². The quantitative estimate of drug-likeness (QED) is 0.663. The maximum Gasteiger partial charge on any atom is 0.0593 e. The van der Waals surface area contributed by atoms with Crippen molar-refractivity contribution in [3.05, 3.63) is 18.0 Å². The zero-order valence-corrected chi connectivity index (χ0v) is 8.80. The van der Waals surface area contributed by atoms with Gasteiger partial charge in [0.15, 0.2) is 0 Å². The number of nitrogens with one attached hydrogen (secondary N) is 2. The zero-order chi connectivity index (χ0) is 10.4. The van der Waals surface area contributed by atoms with Gasteiger partial charge in [-0.15, -0.1) is 0 Å². The van der Waals surface area contributed by atoms with Crippen LogP contribution in [0.1, 0.15) is 19.4 Å². The van der Waals surface area contributed by atoms with E-state index in [0.717, 1.165) is 30.0 Å². The largest absolute Gasteiger partial charge is 0.384 e. The molecule has 0 spiro atoms. The summed E-state index contributed by atoms with van der Waals surface area (Å²) >= 11 is 0. The van der Waals surface area contributed by atoms with Gasteiger partial charge in [-0.05, 0) is 13.8 Å². The molecule has 14 heavy (non-hydrogen) atoms. The van der Waals surface area contributed by atoms with Gasteiger partial charge in [-0.2, -0.15) is 0 Å². The molecule has 0 aliphatic rings. The fourth-order valence-electron chi connectivity index (χ4n) is 1.39. The van der Waals surface area contributed by atoms with Crippen LogP contribution in [-0.4, -0.2) is 18.1 Å². The van der Waals surface area contributed by atoms with Gasteiger partial charge in [0.2, 0.25) is 0 Å². The normalized spacial score (nSPS) is 9.93. The van der Waals surface area contributed by atoms with E-state index in [1.165, 1.54) is 0 Å². The second kappa shape index (κ2) is 5.44. The summed E-state index contributed by atoms with van der Waals surface area (Å²) in [6.07, 6.45) is 3.62. The number of pyridine rings is 1. The van der Waals surface area contributed by atoms with Crippen molar-refractivity contribution in [3.63, 3.8) is 0 Å². The summed E-state index contributed by atoms with van der Waals surface area (Å²) in [6, 6.07) is 0. The Balaban J connectivity index is 2.98. The molecule has 1 rings (SSSR count). The van der Waals surface area contributed by atoms with Crippen LogP contribution < -0.4 is 16.4 Å². The van der Waals surface area contributed by atoms with Gasteiger partial charge in [-0.25, -0.2) is 0 Å².